The number of anilines is 1. The number of fused-ring (bicyclic) bond motifs is 3. The van der Waals surface area contributed by atoms with E-state index in [4.69, 9.17) is 0 Å². The van der Waals surface area contributed by atoms with Gasteiger partial charge in [0.25, 0.3) is 5.56 Å². The molecule has 124 valence electrons. The molecule has 0 radical (unpaired) electrons. The molecule has 8 heteroatoms. The second kappa shape index (κ2) is 5.07. The van der Waals surface area contributed by atoms with Crippen LogP contribution in [0.15, 0.2) is 14.7 Å². The molecule has 2 aromatic heterocycles. The molecule has 0 spiro atoms. The van der Waals surface area contributed by atoms with Crippen LogP contribution in [0.2, 0.25) is 0 Å². The third-order valence-corrected chi connectivity index (χ3v) is 4.43. The van der Waals surface area contributed by atoms with E-state index in [0.29, 0.717) is 23.7 Å². The van der Waals surface area contributed by atoms with E-state index < -0.39 is 0 Å². The molecule has 23 heavy (non-hydrogen) atoms. The summed E-state index contributed by atoms with van der Waals surface area (Å²) in [6.07, 6.45) is 0. The third kappa shape index (κ3) is 1.97. The van der Waals surface area contributed by atoms with Crippen molar-refractivity contribution < 1.29 is 0 Å². The number of imidazole rings is 1. The molecule has 1 aliphatic heterocycles. The topological polar surface area (TPSA) is 77.4 Å². The van der Waals surface area contributed by atoms with Gasteiger partial charge in [-0.15, -0.1) is 0 Å². The second-order valence-corrected chi connectivity index (χ2v) is 6.20. The number of nitrogens with zero attached hydrogens (tertiary/aromatic N) is 6. The van der Waals surface area contributed by atoms with E-state index >= 15 is 0 Å². The first-order valence-electron chi connectivity index (χ1n) is 7.85. The average molecular weight is 318 g/mol. The van der Waals surface area contributed by atoms with Crippen LogP contribution in [0, 0.1) is 0 Å². The Morgan fingerprint density at radius 2 is 1.91 bits per heavy atom. The molecule has 1 aliphatic rings. The number of aromatic nitrogens is 4. The predicted octanol–water partition coefficient (Wildman–Crippen LogP) is 1.08. The zero-order chi connectivity index (χ0) is 17.0. The van der Waals surface area contributed by atoms with Crippen LogP contribution < -0.4 is 16.3 Å². The SMILES string of the molecule is CCn1c(=O)c2c(nc3n2[C@H](C)C(C)=NN3C(C)C)n(C)c1=O. The Kier molecular flexibility index (Phi) is 3.42. The van der Waals surface area contributed by atoms with E-state index in [1.54, 1.807) is 19.0 Å². The molecule has 0 unspecified atom stereocenters. The highest BCUT2D eigenvalue weighted by atomic mass is 16.2. The van der Waals surface area contributed by atoms with Crippen molar-refractivity contribution in [3.63, 3.8) is 0 Å². The number of rotatable bonds is 2. The minimum absolute atomic E-state index is 0.0829. The molecule has 0 saturated carbocycles. The quantitative estimate of drug-likeness (QED) is 0.830. The highest BCUT2D eigenvalue weighted by Gasteiger charge is 2.31. The summed E-state index contributed by atoms with van der Waals surface area (Å²) in [4.78, 5) is 29.7. The zero-order valence-corrected chi connectivity index (χ0v) is 14.4. The van der Waals surface area contributed by atoms with Crippen LogP contribution in [0.4, 0.5) is 5.95 Å². The first-order valence-corrected chi connectivity index (χ1v) is 7.85. The van der Waals surface area contributed by atoms with Gasteiger partial charge in [-0.2, -0.15) is 10.1 Å². The highest BCUT2D eigenvalue weighted by molar-refractivity contribution is 5.91. The molecule has 0 aromatic carbocycles. The minimum Gasteiger partial charge on any atom is -0.294 e. The van der Waals surface area contributed by atoms with Gasteiger partial charge in [0.2, 0.25) is 5.95 Å². The molecule has 0 N–H and O–H groups in total. The van der Waals surface area contributed by atoms with Gasteiger partial charge in [-0.3, -0.25) is 18.5 Å². The van der Waals surface area contributed by atoms with Crippen LogP contribution in [0.3, 0.4) is 0 Å². The standard InChI is InChI=1S/C15H22N6O2/c1-7-19-13(22)11-12(18(6)15(19)23)16-14-20(11)10(5)9(4)17-21(14)8(2)3/h8,10H,7H2,1-6H3/t10-/m1/s1. The fourth-order valence-electron chi connectivity index (χ4n) is 2.97. The fourth-order valence-corrected chi connectivity index (χ4v) is 2.97. The van der Waals surface area contributed by atoms with Gasteiger partial charge in [0.15, 0.2) is 11.2 Å². The molecule has 3 rings (SSSR count). The summed E-state index contributed by atoms with van der Waals surface area (Å²) in [5.41, 5.74) is 1.12. The molecule has 0 bridgehead atoms. The summed E-state index contributed by atoms with van der Waals surface area (Å²) in [5, 5.41) is 6.40. The molecule has 3 heterocycles. The molecular formula is C15H22N6O2. The largest absolute Gasteiger partial charge is 0.332 e. The maximum absolute atomic E-state index is 12.8. The van der Waals surface area contributed by atoms with Crippen molar-refractivity contribution in [3.05, 3.63) is 20.8 Å². The van der Waals surface area contributed by atoms with E-state index in [9.17, 15) is 9.59 Å². The summed E-state index contributed by atoms with van der Waals surface area (Å²) in [6.45, 7) is 10.1. The molecule has 2 aromatic rings. The van der Waals surface area contributed by atoms with Gasteiger partial charge in [-0.05, 0) is 34.6 Å². The lowest BCUT2D eigenvalue weighted by atomic mass is 10.2. The van der Waals surface area contributed by atoms with Gasteiger partial charge >= 0.3 is 5.69 Å². The molecule has 0 fully saturated rings. The van der Waals surface area contributed by atoms with E-state index in [2.05, 4.69) is 10.1 Å². The van der Waals surface area contributed by atoms with E-state index in [1.807, 2.05) is 32.3 Å². The van der Waals surface area contributed by atoms with Gasteiger partial charge in [-0.1, -0.05) is 0 Å². The predicted molar refractivity (Wildman–Crippen MR) is 90.3 cm³/mol. The number of hydrogen-bond acceptors (Lipinski definition) is 5. The second-order valence-electron chi connectivity index (χ2n) is 6.20. The van der Waals surface area contributed by atoms with Crippen molar-refractivity contribution in [1.82, 2.24) is 18.7 Å². The molecule has 0 aliphatic carbocycles. The summed E-state index contributed by atoms with van der Waals surface area (Å²) < 4.78 is 4.57. The number of hydrazone groups is 1. The highest BCUT2D eigenvalue weighted by Crippen LogP contribution is 2.30. The van der Waals surface area contributed by atoms with Crippen molar-refractivity contribution in [2.45, 2.75) is 53.2 Å². The fraction of sp³-hybridized carbons (Fsp3) is 0.600. The Labute approximate surface area is 133 Å². The van der Waals surface area contributed by atoms with Crippen molar-refractivity contribution in [2.75, 3.05) is 5.01 Å². The third-order valence-electron chi connectivity index (χ3n) is 4.43. The molecule has 0 saturated heterocycles. The van der Waals surface area contributed by atoms with Crippen LogP contribution in [0.1, 0.15) is 40.7 Å². The maximum Gasteiger partial charge on any atom is 0.332 e. The van der Waals surface area contributed by atoms with Crippen LogP contribution in [0.25, 0.3) is 11.2 Å². The Balaban J connectivity index is 2.50. The molecule has 1 atom stereocenters. The summed E-state index contributed by atoms with van der Waals surface area (Å²) in [5.74, 6) is 0.606. The lowest BCUT2D eigenvalue weighted by Gasteiger charge is -2.31. The lowest BCUT2D eigenvalue weighted by molar-refractivity contribution is 0.594. The Hall–Kier alpha value is -2.38. The van der Waals surface area contributed by atoms with Crippen LogP contribution in [0.5, 0.6) is 0 Å². The van der Waals surface area contributed by atoms with E-state index in [1.165, 1.54) is 9.13 Å². The van der Waals surface area contributed by atoms with Crippen LogP contribution in [-0.4, -0.2) is 30.4 Å². The summed E-state index contributed by atoms with van der Waals surface area (Å²) in [7, 11) is 1.65. The Bertz CT molecular complexity index is 930. The van der Waals surface area contributed by atoms with Gasteiger partial charge in [0.1, 0.15) is 0 Å². The van der Waals surface area contributed by atoms with Gasteiger partial charge in [0.05, 0.1) is 17.8 Å². The smallest absolute Gasteiger partial charge is 0.294 e. The number of aryl methyl sites for hydroxylation is 1. The van der Waals surface area contributed by atoms with Crippen LogP contribution >= 0.6 is 0 Å². The van der Waals surface area contributed by atoms with E-state index in [-0.39, 0.29) is 23.3 Å². The number of hydrogen-bond donors (Lipinski definition) is 0. The molecular weight excluding hydrogens is 296 g/mol. The minimum atomic E-state index is -0.346. The normalized spacial score (nSPS) is 17.8. The van der Waals surface area contributed by atoms with Gasteiger partial charge in [0, 0.05) is 13.6 Å². The lowest BCUT2D eigenvalue weighted by Crippen LogP contribution is -2.40. The molecule has 8 nitrogen and oxygen atoms in total. The summed E-state index contributed by atoms with van der Waals surface area (Å²) >= 11 is 0. The Morgan fingerprint density at radius 3 is 2.48 bits per heavy atom. The molecule has 0 amide bonds. The van der Waals surface area contributed by atoms with E-state index in [0.717, 1.165) is 5.71 Å². The van der Waals surface area contributed by atoms with Crippen LogP contribution in [-0.2, 0) is 13.6 Å². The zero-order valence-electron chi connectivity index (χ0n) is 14.4. The first kappa shape index (κ1) is 15.5. The first-order chi connectivity index (χ1) is 10.8. The summed E-state index contributed by atoms with van der Waals surface area (Å²) in [6, 6.07) is 0.0129. The monoisotopic (exact) mass is 318 g/mol. The van der Waals surface area contributed by atoms with Gasteiger partial charge in [-0.25, -0.2) is 9.80 Å². The Morgan fingerprint density at radius 1 is 1.26 bits per heavy atom. The van der Waals surface area contributed by atoms with Gasteiger partial charge < -0.3 is 0 Å². The van der Waals surface area contributed by atoms with Crippen molar-refractivity contribution in [3.8, 4) is 0 Å². The maximum atomic E-state index is 12.8. The average Bonchev–Trinajstić information content (AvgIpc) is 2.90. The van der Waals surface area contributed by atoms with Crippen molar-refractivity contribution >= 4 is 22.8 Å². The van der Waals surface area contributed by atoms with Crippen molar-refractivity contribution in [1.29, 1.82) is 0 Å². The van der Waals surface area contributed by atoms with Crippen molar-refractivity contribution in [2.24, 2.45) is 12.1 Å².